The van der Waals surface area contributed by atoms with E-state index in [1.807, 2.05) is 50.2 Å². The predicted molar refractivity (Wildman–Crippen MR) is 111 cm³/mol. The number of benzene rings is 2. The summed E-state index contributed by atoms with van der Waals surface area (Å²) in [5.74, 6) is 1.46. The molecule has 2 aromatic carbocycles. The fourth-order valence-electron chi connectivity index (χ4n) is 2.60. The van der Waals surface area contributed by atoms with E-state index >= 15 is 0 Å². The molecule has 1 amide bonds. The van der Waals surface area contributed by atoms with Gasteiger partial charge in [-0.1, -0.05) is 30.0 Å². The van der Waals surface area contributed by atoms with Crippen LogP contribution >= 0.6 is 11.8 Å². The second kappa shape index (κ2) is 9.07. The van der Waals surface area contributed by atoms with Gasteiger partial charge in [0.1, 0.15) is 22.6 Å². The number of aromatic nitrogens is 1. The van der Waals surface area contributed by atoms with Gasteiger partial charge in [-0.05, 0) is 61.9 Å². The van der Waals surface area contributed by atoms with Gasteiger partial charge in [-0.2, -0.15) is 5.26 Å². The quantitative estimate of drug-likeness (QED) is 0.594. The van der Waals surface area contributed by atoms with Crippen LogP contribution in [0.25, 0.3) is 0 Å². The van der Waals surface area contributed by atoms with Gasteiger partial charge >= 0.3 is 0 Å². The molecule has 0 unspecified atom stereocenters. The van der Waals surface area contributed by atoms with Crippen LogP contribution in [0.1, 0.15) is 16.8 Å². The summed E-state index contributed by atoms with van der Waals surface area (Å²) in [6, 6.07) is 20.7. The Balaban J connectivity index is 1.58. The Morgan fingerprint density at radius 1 is 1.11 bits per heavy atom. The second-order valence-corrected chi connectivity index (χ2v) is 7.11. The first-order chi connectivity index (χ1) is 13.5. The van der Waals surface area contributed by atoms with Crippen molar-refractivity contribution in [2.45, 2.75) is 18.9 Å². The topological polar surface area (TPSA) is 75.0 Å². The van der Waals surface area contributed by atoms with Crippen LogP contribution in [0.15, 0.2) is 65.7 Å². The van der Waals surface area contributed by atoms with E-state index in [9.17, 15) is 10.1 Å². The molecule has 6 heteroatoms. The van der Waals surface area contributed by atoms with Crippen molar-refractivity contribution < 1.29 is 9.53 Å². The molecule has 0 spiro atoms. The molecule has 3 aromatic rings. The van der Waals surface area contributed by atoms with Crippen molar-refractivity contribution in [1.82, 2.24) is 4.98 Å². The van der Waals surface area contributed by atoms with E-state index in [-0.39, 0.29) is 11.7 Å². The van der Waals surface area contributed by atoms with Gasteiger partial charge in [-0.3, -0.25) is 4.79 Å². The summed E-state index contributed by atoms with van der Waals surface area (Å²) in [5, 5.41) is 12.7. The molecule has 0 fully saturated rings. The number of ether oxygens (including phenoxy) is 1. The van der Waals surface area contributed by atoms with Crippen molar-refractivity contribution in [3.63, 3.8) is 0 Å². The molecule has 0 saturated heterocycles. The van der Waals surface area contributed by atoms with E-state index < -0.39 is 0 Å². The molecule has 0 saturated carbocycles. The Labute approximate surface area is 168 Å². The summed E-state index contributed by atoms with van der Waals surface area (Å²) >= 11 is 1.26. The van der Waals surface area contributed by atoms with Gasteiger partial charge in [0.05, 0.1) is 11.3 Å². The second-order valence-electron chi connectivity index (χ2n) is 6.15. The fourth-order valence-corrected chi connectivity index (χ4v) is 3.50. The molecule has 140 valence electrons. The van der Waals surface area contributed by atoms with Crippen LogP contribution in [-0.2, 0) is 4.79 Å². The highest BCUT2D eigenvalue weighted by Crippen LogP contribution is 2.25. The summed E-state index contributed by atoms with van der Waals surface area (Å²) in [4.78, 5) is 16.6. The summed E-state index contributed by atoms with van der Waals surface area (Å²) in [7, 11) is 0. The number of hydrogen-bond donors (Lipinski definition) is 1. The zero-order valence-corrected chi connectivity index (χ0v) is 16.4. The van der Waals surface area contributed by atoms with Crippen LogP contribution in [0.2, 0.25) is 0 Å². The number of thioether (sulfide) groups is 1. The number of aryl methyl sites for hydroxylation is 2. The van der Waals surface area contributed by atoms with Crippen LogP contribution in [0.5, 0.6) is 11.5 Å². The average Bonchev–Trinajstić information content (AvgIpc) is 2.68. The lowest BCUT2D eigenvalue weighted by molar-refractivity contribution is -0.113. The smallest absolute Gasteiger partial charge is 0.234 e. The van der Waals surface area contributed by atoms with Crippen molar-refractivity contribution in [3.05, 3.63) is 77.5 Å². The van der Waals surface area contributed by atoms with Crippen LogP contribution in [-0.4, -0.2) is 16.6 Å². The first kappa shape index (κ1) is 19.5. The van der Waals surface area contributed by atoms with E-state index in [4.69, 9.17) is 4.74 Å². The number of hydrogen-bond acceptors (Lipinski definition) is 5. The average molecular weight is 389 g/mol. The highest BCUT2D eigenvalue weighted by atomic mass is 32.2. The number of nitriles is 1. The molecule has 0 aliphatic heterocycles. The third-order valence-corrected chi connectivity index (χ3v) is 4.86. The van der Waals surface area contributed by atoms with E-state index in [1.54, 1.807) is 24.3 Å². The van der Waals surface area contributed by atoms with Gasteiger partial charge in [0, 0.05) is 11.4 Å². The first-order valence-electron chi connectivity index (χ1n) is 8.69. The summed E-state index contributed by atoms with van der Waals surface area (Å²) in [6.45, 7) is 3.74. The molecule has 0 bridgehead atoms. The van der Waals surface area contributed by atoms with E-state index in [2.05, 4.69) is 16.4 Å². The maximum Gasteiger partial charge on any atom is 0.234 e. The minimum atomic E-state index is -0.161. The molecular weight excluding hydrogens is 370 g/mol. The molecule has 1 heterocycles. The van der Waals surface area contributed by atoms with Crippen molar-refractivity contribution in [2.75, 3.05) is 11.1 Å². The van der Waals surface area contributed by atoms with Crippen molar-refractivity contribution in [1.29, 1.82) is 5.26 Å². The Morgan fingerprint density at radius 2 is 1.79 bits per heavy atom. The Kier molecular flexibility index (Phi) is 6.30. The SMILES string of the molecule is Cc1cc(C)c(C#N)c(SCC(=O)Nc2ccc(Oc3ccccc3)cc2)n1. The zero-order chi connectivity index (χ0) is 19.9. The number of amides is 1. The van der Waals surface area contributed by atoms with Gasteiger partial charge in [-0.15, -0.1) is 0 Å². The summed E-state index contributed by atoms with van der Waals surface area (Å²) in [6.07, 6.45) is 0. The number of pyridine rings is 1. The first-order valence-corrected chi connectivity index (χ1v) is 9.67. The number of nitrogens with zero attached hydrogens (tertiary/aromatic N) is 2. The van der Waals surface area contributed by atoms with Gasteiger partial charge in [-0.25, -0.2) is 4.98 Å². The lowest BCUT2D eigenvalue weighted by Crippen LogP contribution is -2.14. The largest absolute Gasteiger partial charge is 0.457 e. The van der Waals surface area contributed by atoms with Crippen molar-refractivity contribution in [2.24, 2.45) is 0 Å². The lowest BCUT2D eigenvalue weighted by atomic mass is 10.1. The van der Waals surface area contributed by atoms with Crippen LogP contribution in [0.3, 0.4) is 0 Å². The number of rotatable bonds is 6. The third-order valence-electron chi connectivity index (χ3n) is 3.88. The standard InChI is InChI=1S/C22H19N3O2S/c1-15-12-16(2)24-22(20(15)13-23)28-14-21(26)25-17-8-10-19(11-9-17)27-18-6-4-3-5-7-18/h3-12H,14H2,1-2H3,(H,25,26). The molecule has 1 N–H and O–H groups in total. The third kappa shape index (κ3) is 5.12. The van der Waals surface area contributed by atoms with Gasteiger partial charge < -0.3 is 10.1 Å². The highest BCUT2D eigenvalue weighted by molar-refractivity contribution is 8.00. The number of nitrogens with one attached hydrogen (secondary N) is 1. The summed E-state index contributed by atoms with van der Waals surface area (Å²) in [5.41, 5.74) is 2.89. The fraction of sp³-hybridized carbons (Fsp3) is 0.136. The monoisotopic (exact) mass is 389 g/mol. The molecule has 0 atom stereocenters. The van der Waals surface area contributed by atoms with Gasteiger partial charge in [0.2, 0.25) is 5.91 Å². The maximum atomic E-state index is 12.3. The van der Waals surface area contributed by atoms with E-state index in [0.29, 0.717) is 22.0 Å². The molecule has 3 rings (SSSR count). The molecule has 1 aromatic heterocycles. The number of para-hydroxylation sites is 1. The number of anilines is 1. The normalized spacial score (nSPS) is 10.2. The minimum absolute atomic E-state index is 0.161. The van der Waals surface area contributed by atoms with Crippen LogP contribution in [0.4, 0.5) is 5.69 Å². The molecule has 0 aliphatic carbocycles. The van der Waals surface area contributed by atoms with E-state index in [1.165, 1.54) is 11.8 Å². The minimum Gasteiger partial charge on any atom is -0.457 e. The number of carbonyl (C=O) groups is 1. The molecule has 5 nitrogen and oxygen atoms in total. The molecule has 0 radical (unpaired) electrons. The van der Waals surface area contributed by atoms with Crippen molar-refractivity contribution in [3.8, 4) is 17.6 Å². The van der Waals surface area contributed by atoms with Crippen LogP contribution in [0, 0.1) is 25.2 Å². The molecule has 28 heavy (non-hydrogen) atoms. The molecule has 0 aliphatic rings. The van der Waals surface area contributed by atoms with E-state index in [0.717, 1.165) is 17.0 Å². The Bertz CT molecular complexity index is 1010. The van der Waals surface area contributed by atoms with Gasteiger partial charge in [0.25, 0.3) is 0 Å². The van der Waals surface area contributed by atoms with Crippen LogP contribution < -0.4 is 10.1 Å². The number of carbonyl (C=O) groups excluding carboxylic acids is 1. The van der Waals surface area contributed by atoms with Gasteiger partial charge in [0.15, 0.2) is 0 Å². The summed E-state index contributed by atoms with van der Waals surface area (Å²) < 4.78 is 5.74. The van der Waals surface area contributed by atoms with Crippen molar-refractivity contribution >= 4 is 23.4 Å². The lowest BCUT2D eigenvalue weighted by Gasteiger charge is -2.09. The predicted octanol–water partition coefficient (Wildman–Crippen LogP) is 5.09. The highest BCUT2D eigenvalue weighted by Gasteiger charge is 2.12. The zero-order valence-electron chi connectivity index (χ0n) is 15.6. The maximum absolute atomic E-state index is 12.3. The Morgan fingerprint density at radius 3 is 2.46 bits per heavy atom. The Hall–Kier alpha value is -3.30. The molecular formula is C22H19N3O2S.